The van der Waals surface area contributed by atoms with Gasteiger partial charge in [-0.1, -0.05) is 39.0 Å². The van der Waals surface area contributed by atoms with E-state index in [9.17, 15) is 4.79 Å². The van der Waals surface area contributed by atoms with Gasteiger partial charge in [-0.2, -0.15) is 11.8 Å². The lowest BCUT2D eigenvalue weighted by Gasteiger charge is -2.21. The van der Waals surface area contributed by atoms with E-state index in [1.54, 1.807) is 0 Å². The van der Waals surface area contributed by atoms with Crippen molar-refractivity contribution in [3.63, 3.8) is 0 Å². The van der Waals surface area contributed by atoms with Gasteiger partial charge in [0.25, 0.3) is 0 Å². The van der Waals surface area contributed by atoms with Gasteiger partial charge < -0.3 is 10.6 Å². The number of amides is 1. The molecule has 2 aliphatic carbocycles. The van der Waals surface area contributed by atoms with Crippen LogP contribution >= 0.6 is 11.8 Å². The maximum Gasteiger partial charge on any atom is 0.234 e. The summed E-state index contributed by atoms with van der Waals surface area (Å²) in [6.07, 6.45) is 11.4. The minimum atomic E-state index is 0.198. The van der Waals surface area contributed by atoms with Gasteiger partial charge >= 0.3 is 0 Å². The Balaban J connectivity index is 1.66. The summed E-state index contributed by atoms with van der Waals surface area (Å²) in [7, 11) is 0. The molecular formula is C16H30N2OS. The lowest BCUT2D eigenvalue weighted by atomic mass is 10.1. The Hall–Kier alpha value is -0.220. The second kappa shape index (κ2) is 8.93. The summed E-state index contributed by atoms with van der Waals surface area (Å²) in [5.74, 6) is 1.38. The van der Waals surface area contributed by atoms with Crippen LogP contribution in [0.4, 0.5) is 0 Å². The fourth-order valence-electron chi connectivity index (χ4n) is 3.50. The van der Waals surface area contributed by atoms with E-state index in [2.05, 4.69) is 17.6 Å². The number of thioether (sulfide) groups is 1. The molecule has 1 amide bonds. The van der Waals surface area contributed by atoms with Crippen molar-refractivity contribution in [3.05, 3.63) is 0 Å². The molecule has 0 saturated heterocycles. The molecule has 2 N–H and O–H groups in total. The van der Waals surface area contributed by atoms with E-state index in [-0.39, 0.29) is 5.91 Å². The minimum Gasteiger partial charge on any atom is -0.352 e. The first-order valence-corrected chi connectivity index (χ1v) is 9.49. The lowest BCUT2D eigenvalue weighted by Crippen LogP contribution is -2.44. The third kappa shape index (κ3) is 5.28. The Morgan fingerprint density at radius 2 is 1.80 bits per heavy atom. The summed E-state index contributed by atoms with van der Waals surface area (Å²) in [5.41, 5.74) is 0. The highest BCUT2D eigenvalue weighted by Crippen LogP contribution is 2.29. The van der Waals surface area contributed by atoms with Crippen molar-refractivity contribution in [3.8, 4) is 0 Å². The minimum absolute atomic E-state index is 0.198. The number of nitrogens with one attached hydrogen (secondary N) is 2. The summed E-state index contributed by atoms with van der Waals surface area (Å²) in [6, 6.07) is 0.969. The van der Waals surface area contributed by atoms with Gasteiger partial charge in [-0.05, 0) is 31.4 Å². The number of carbonyl (C=O) groups excluding carboxylic acids is 1. The van der Waals surface area contributed by atoms with Crippen molar-refractivity contribution in [2.75, 3.05) is 12.3 Å². The van der Waals surface area contributed by atoms with Gasteiger partial charge in [0.05, 0.1) is 6.54 Å². The Labute approximate surface area is 128 Å². The van der Waals surface area contributed by atoms with Gasteiger partial charge in [-0.25, -0.2) is 0 Å². The molecule has 4 heteroatoms. The summed E-state index contributed by atoms with van der Waals surface area (Å²) < 4.78 is 0. The number of hydrogen-bond donors (Lipinski definition) is 2. The topological polar surface area (TPSA) is 41.1 Å². The van der Waals surface area contributed by atoms with Crippen LogP contribution in [0.2, 0.25) is 0 Å². The maximum absolute atomic E-state index is 12.1. The first-order chi connectivity index (χ1) is 9.79. The largest absolute Gasteiger partial charge is 0.352 e. The van der Waals surface area contributed by atoms with Crippen LogP contribution in [0, 0.1) is 0 Å². The Kier molecular flexibility index (Phi) is 7.22. The zero-order valence-corrected chi connectivity index (χ0v) is 13.6. The van der Waals surface area contributed by atoms with Crippen molar-refractivity contribution in [1.29, 1.82) is 0 Å². The highest BCUT2D eigenvalue weighted by molar-refractivity contribution is 7.99. The molecular weight excluding hydrogens is 268 g/mol. The van der Waals surface area contributed by atoms with Gasteiger partial charge in [0, 0.05) is 17.3 Å². The van der Waals surface area contributed by atoms with Crippen LogP contribution in [0.15, 0.2) is 0 Å². The molecule has 0 radical (unpaired) electrons. The molecule has 20 heavy (non-hydrogen) atoms. The van der Waals surface area contributed by atoms with Crippen LogP contribution in [-0.4, -0.2) is 35.5 Å². The second-order valence-corrected chi connectivity index (χ2v) is 7.68. The summed E-state index contributed by atoms with van der Waals surface area (Å²) in [5, 5.41) is 7.42. The van der Waals surface area contributed by atoms with Gasteiger partial charge in [0.1, 0.15) is 0 Å². The molecule has 116 valence electrons. The quantitative estimate of drug-likeness (QED) is 0.740. The van der Waals surface area contributed by atoms with Crippen LogP contribution in [0.5, 0.6) is 0 Å². The number of carbonyl (C=O) groups is 1. The van der Waals surface area contributed by atoms with Crippen molar-refractivity contribution < 1.29 is 4.79 Å². The molecule has 2 saturated carbocycles. The van der Waals surface area contributed by atoms with E-state index >= 15 is 0 Å². The third-order valence-corrected chi connectivity index (χ3v) is 5.90. The van der Waals surface area contributed by atoms with Crippen LogP contribution in [-0.2, 0) is 4.79 Å². The SMILES string of the molecule is CCSC1CCCC1NCC(=O)NC1CCCCCC1. The molecule has 0 aromatic rings. The molecule has 0 aliphatic heterocycles. The van der Waals surface area contributed by atoms with E-state index in [4.69, 9.17) is 0 Å². The monoisotopic (exact) mass is 298 g/mol. The van der Waals surface area contributed by atoms with E-state index < -0.39 is 0 Å². The highest BCUT2D eigenvalue weighted by atomic mass is 32.2. The van der Waals surface area contributed by atoms with Gasteiger partial charge in [0.2, 0.25) is 5.91 Å². The van der Waals surface area contributed by atoms with E-state index in [0.717, 1.165) is 0 Å². The molecule has 0 aromatic heterocycles. The fraction of sp³-hybridized carbons (Fsp3) is 0.938. The molecule has 0 bridgehead atoms. The van der Waals surface area contributed by atoms with Crippen LogP contribution in [0.3, 0.4) is 0 Å². The maximum atomic E-state index is 12.1. The molecule has 2 fully saturated rings. The molecule has 0 spiro atoms. The Morgan fingerprint density at radius 3 is 2.50 bits per heavy atom. The second-order valence-electron chi connectivity index (χ2n) is 6.17. The van der Waals surface area contributed by atoms with E-state index in [0.29, 0.717) is 23.9 Å². The van der Waals surface area contributed by atoms with E-state index in [1.165, 1.54) is 63.5 Å². The van der Waals surface area contributed by atoms with Crippen molar-refractivity contribution in [2.45, 2.75) is 82.0 Å². The highest BCUT2D eigenvalue weighted by Gasteiger charge is 2.27. The molecule has 2 atom stereocenters. The third-order valence-electron chi connectivity index (χ3n) is 4.58. The first-order valence-electron chi connectivity index (χ1n) is 8.44. The molecule has 3 nitrogen and oxygen atoms in total. The van der Waals surface area contributed by atoms with Gasteiger partial charge in [0.15, 0.2) is 0 Å². The average Bonchev–Trinajstić information content (AvgIpc) is 2.71. The number of hydrogen-bond acceptors (Lipinski definition) is 3. The van der Waals surface area contributed by atoms with Crippen molar-refractivity contribution in [1.82, 2.24) is 10.6 Å². The van der Waals surface area contributed by atoms with Crippen LogP contribution < -0.4 is 10.6 Å². The zero-order valence-electron chi connectivity index (χ0n) is 12.8. The van der Waals surface area contributed by atoms with Gasteiger partial charge in [-0.3, -0.25) is 4.79 Å². The standard InChI is InChI=1S/C16H30N2OS/c1-2-20-15-11-7-10-14(15)17-12-16(19)18-13-8-5-3-4-6-9-13/h13-15,17H,2-12H2,1H3,(H,18,19). The molecule has 2 rings (SSSR count). The molecule has 0 aromatic carbocycles. The van der Waals surface area contributed by atoms with Crippen molar-refractivity contribution in [2.24, 2.45) is 0 Å². The normalized spacial score (nSPS) is 28.2. The fourth-order valence-corrected chi connectivity index (χ4v) is 4.73. The van der Waals surface area contributed by atoms with Crippen LogP contribution in [0.25, 0.3) is 0 Å². The smallest absolute Gasteiger partial charge is 0.234 e. The summed E-state index contributed by atoms with van der Waals surface area (Å²) in [6.45, 7) is 2.72. The zero-order chi connectivity index (χ0) is 14.2. The molecule has 2 aliphatic rings. The first kappa shape index (κ1) is 16.2. The predicted molar refractivity (Wildman–Crippen MR) is 87.2 cm³/mol. The van der Waals surface area contributed by atoms with Crippen molar-refractivity contribution >= 4 is 17.7 Å². The van der Waals surface area contributed by atoms with Gasteiger partial charge in [-0.15, -0.1) is 0 Å². The van der Waals surface area contributed by atoms with Crippen LogP contribution in [0.1, 0.15) is 64.7 Å². The average molecular weight is 298 g/mol. The summed E-state index contributed by atoms with van der Waals surface area (Å²) in [4.78, 5) is 12.1. The Bertz CT molecular complexity index is 290. The molecule has 2 unspecified atom stereocenters. The molecule has 0 heterocycles. The van der Waals surface area contributed by atoms with E-state index in [1.807, 2.05) is 11.8 Å². The Morgan fingerprint density at radius 1 is 1.05 bits per heavy atom. The predicted octanol–water partition coefficient (Wildman–Crippen LogP) is 3.09. The lowest BCUT2D eigenvalue weighted by molar-refractivity contribution is -0.121. The number of rotatable bonds is 6. The summed E-state index contributed by atoms with van der Waals surface area (Å²) >= 11 is 2.04.